The molecule has 0 radical (unpaired) electrons. The fraction of sp³-hybridized carbons (Fsp3) is 0.286. The van der Waals surface area contributed by atoms with E-state index in [4.69, 9.17) is 4.42 Å². The van der Waals surface area contributed by atoms with Crippen LogP contribution in [0, 0.1) is 13.8 Å². The largest absolute Gasteiger partial charge is 0.467 e. The van der Waals surface area contributed by atoms with Gasteiger partial charge in [-0.3, -0.25) is 14.3 Å². The van der Waals surface area contributed by atoms with Crippen molar-refractivity contribution in [2.24, 2.45) is 0 Å². The van der Waals surface area contributed by atoms with Crippen LogP contribution in [0.1, 0.15) is 35.7 Å². The topological polar surface area (TPSA) is 89.2 Å². The third-order valence-electron chi connectivity index (χ3n) is 4.49. The Morgan fingerprint density at radius 1 is 1.14 bits per heavy atom. The Morgan fingerprint density at radius 3 is 2.46 bits per heavy atom. The Morgan fingerprint density at radius 2 is 1.89 bits per heavy atom. The van der Waals surface area contributed by atoms with Gasteiger partial charge in [0.1, 0.15) is 11.8 Å². The Balaban J connectivity index is 1.66. The molecule has 0 aliphatic rings. The van der Waals surface area contributed by atoms with Gasteiger partial charge < -0.3 is 15.1 Å². The molecule has 7 nitrogen and oxygen atoms in total. The molecule has 0 saturated carbocycles. The van der Waals surface area contributed by atoms with E-state index in [-0.39, 0.29) is 12.6 Å². The van der Waals surface area contributed by atoms with Gasteiger partial charge in [-0.1, -0.05) is 19.1 Å². The van der Waals surface area contributed by atoms with Gasteiger partial charge in [0.05, 0.1) is 12.0 Å². The molecular formula is C21H24N4O3. The molecule has 3 aromatic rings. The Hall–Kier alpha value is -3.35. The molecule has 0 saturated heterocycles. The summed E-state index contributed by atoms with van der Waals surface area (Å²) in [6, 6.07) is 12.6. The van der Waals surface area contributed by atoms with E-state index in [1.807, 2.05) is 38.1 Å². The molecule has 1 atom stereocenters. The maximum Gasteiger partial charge on any atom is 0.313 e. The molecule has 146 valence electrons. The number of furan rings is 1. The van der Waals surface area contributed by atoms with E-state index in [1.165, 1.54) is 0 Å². The number of benzene rings is 1. The highest BCUT2D eigenvalue weighted by Crippen LogP contribution is 2.20. The third kappa shape index (κ3) is 4.49. The lowest BCUT2D eigenvalue weighted by molar-refractivity contribution is -0.136. The van der Waals surface area contributed by atoms with Crippen LogP contribution in [-0.2, 0) is 16.0 Å². The van der Waals surface area contributed by atoms with E-state index in [0.29, 0.717) is 11.4 Å². The minimum Gasteiger partial charge on any atom is -0.467 e. The number of amides is 2. The van der Waals surface area contributed by atoms with Crippen molar-refractivity contribution in [3.8, 4) is 0 Å². The smallest absolute Gasteiger partial charge is 0.313 e. The van der Waals surface area contributed by atoms with Crippen LogP contribution in [0.25, 0.3) is 0 Å². The number of rotatable bonds is 6. The Kier molecular flexibility index (Phi) is 5.93. The van der Waals surface area contributed by atoms with Gasteiger partial charge in [-0.05, 0) is 56.2 Å². The van der Waals surface area contributed by atoms with E-state index >= 15 is 0 Å². The minimum absolute atomic E-state index is 0.177. The highest BCUT2D eigenvalue weighted by Gasteiger charge is 2.22. The summed E-state index contributed by atoms with van der Waals surface area (Å²) >= 11 is 0. The summed E-state index contributed by atoms with van der Waals surface area (Å²) in [5.41, 5.74) is 3.55. The van der Waals surface area contributed by atoms with Crippen LogP contribution < -0.4 is 10.6 Å². The maximum atomic E-state index is 12.3. The third-order valence-corrected chi connectivity index (χ3v) is 4.49. The predicted octanol–water partition coefficient (Wildman–Crippen LogP) is 3.00. The summed E-state index contributed by atoms with van der Waals surface area (Å²) in [7, 11) is 0. The van der Waals surface area contributed by atoms with Crippen molar-refractivity contribution >= 4 is 17.5 Å². The lowest BCUT2D eigenvalue weighted by Crippen LogP contribution is -2.39. The standard InChI is InChI=1S/C21H24N4O3/c1-4-16-7-9-17(10-8-16)23-21(27)20(26)22-13-18(19-6-5-11-28-19)25-15(3)12-14(2)24-25/h5-12,18H,4,13H2,1-3H3,(H,22,26)(H,23,27). The van der Waals surface area contributed by atoms with Crippen molar-refractivity contribution in [2.45, 2.75) is 33.2 Å². The summed E-state index contributed by atoms with van der Waals surface area (Å²) in [4.78, 5) is 24.5. The summed E-state index contributed by atoms with van der Waals surface area (Å²) < 4.78 is 7.30. The van der Waals surface area contributed by atoms with E-state index in [9.17, 15) is 9.59 Å². The first-order valence-corrected chi connectivity index (χ1v) is 9.22. The molecule has 7 heteroatoms. The molecule has 2 N–H and O–H groups in total. The van der Waals surface area contributed by atoms with Gasteiger partial charge in [0.15, 0.2) is 0 Å². The van der Waals surface area contributed by atoms with Gasteiger partial charge in [-0.15, -0.1) is 0 Å². The number of carbonyl (C=O) groups is 2. The van der Waals surface area contributed by atoms with E-state index in [1.54, 1.807) is 29.1 Å². The molecule has 0 aliphatic heterocycles. The van der Waals surface area contributed by atoms with Crippen LogP contribution in [0.15, 0.2) is 53.1 Å². The number of carbonyl (C=O) groups excluding carboxylic acids is 2. The van der Waals surface area contributed by atoms with Crippen molar-refractivity contribution < 1.29 is 14.0 Å². The van der Waals surface area contributed by atoms with Crippen LogP contribution in [-0.4, -0.2) is 28.1 Å². The second kappa shape index (κ2) is 8.56. The first-order chi connectivity index (χ1) is 13.5. The normalized spacial score (nSPS) is 11.8. The van der Waals surface area contributed by atoms with Gasteiger partial charge in [0.25, 0.3) is 0 Å². The van der Waals surface area contributed by atoms with Crippen molar-refractivity contribution in [3.63, 3.8) is 0 Å². The first-order valence-electron chi connectivity index (χ1n) is 9.22. The molecule has 3 rings (SSSR count). The SMILES string of the molecule is CCc1ccc(NC(=O)C(=O)NCC(c2ccco2)n2nc(C)cc2C)cc1. The summed E-state index contributed by atoms with van der Waals surface area (Å²) in [6.45, 7) is 6.07. The van der Waals surface area contributed by atoms with Gasteiger partial charge in [0.2, 0.25) is 0 Å². The highest BCUT2D eigenvalue weighted by molar-refractivity contribution is 6.39. The predicted molar refractivity (Wildman–Crippen MR) is 106 cm³/mol. The van der Waals surface area contributed by atoms with E-state index in [0.717, 1.165) is 23.4 Å². The monoisotopic (exact) mass is 380 g/mol. The molecule has 0 aliphatic carbocycles. The number of nitrogens with one attached hydrogen (secondary N) is 2. The molecule has 1 unspecified atom stereocenters. The average Bonchev–Trinajstić information content (AvgIpc) is 3.32. The number of anilines is 1. The van der Waals surface area contributed by atoms with Crippen LogP contribution in [0.2, 0.25) is 0 Å². The maximum absolute atomic E-state index is 12.3. The molecular weight excluding hydrogens is 356 g/mol. The number of hydrogen-bond acceptors (Lipinski definition) is 4. The fourth-order valence-corrected chi connectivity index (χ4v) is 3.03. The van der Waals surface area contributed by atoms with Crippen molar-refractivity contribution in [1.82, 2.24) is 15.1 Å². The molecule has 0 fully saturated rings. The van der Waals surface area contributed by atoms with Crippen molar-refractivity contribution in [1.29, 1.82) is 0 Å². The zero-order valence-electron chi connectivity index (χ0n) is 16.2. The number of aromatic nitrogens is 2. The quantitative estimate of drug-likeness (QED) is 0.644. The molecule has 2 aromatic heterocycles. The Bertz CT molecular complexity index is 943. The van der Waals surface area contributed by atoms with Crippen molar-refractivity contribution in [3.05, 3.63) is 71.4 Å². The highest BCUT2D eigenvalue weighted by atomic mass is 16.3. The van der Waals surface area contributed by atoms with Crippen molar-refractivity contribution in [2.75, 3.05) is 11.9 Å². The lowest BCUT2D eigenvalue weighted by Gasteiger charge is -2.18. The summed E-state index contributed by atoms with van der Waals surface area (Å²) in [5.74, 6) is -0.768. The molecule has 28 heavy (non-hydrogen) atoms. The van der Waals surface area contributed by atoms with Gasteiger partial charge in [-0.25, -0.2) is 0 Å². The van der Waals surface area contributed by atoms with Crippen LogP contribution in [0.5, 0.6) is 0 Å². The van der Waals surface area contributed by atoms with Crippen LogP contribution >= 0.6 is 0 Å². The molecule has 2 heterocycles. The second-order valence-electron chi connectivity index (χ2n) is 6.62. The van der Waals surface area contributed by atoms with Gasteiger partial charge in [0, 0.05) is 17.9 Å². The summed E-state index contributed by atoms with van der Waals surface area (Å²) in [5, 5.41) is 9.76. The Labute approximate surface area is 163 Å². The first kappa shape index (κ1) is 19.4. The molecule has 1 aromatic carbocycles. The minimum atomic E-state index is -0.712. The van der Waals surface area contributed by atoms with Crippen LogP contribution in [0.4, 0.5) is 5.69 Å². The van der Waals surface area contributed by atoms with Gasteiger partial charge >= 0.3 is 11.8 Å². The zero-order valence-corrected chi connectivity index (χ0v) is 16.2. The molecule has 0 bridgehead atoms. The van der Waals surface area contributed by atoms with E-state index in [2.05, 4.69) is 22.7 Å². The lowest BCUT2D eigenvalue weighted by atomic mass is 10.1. The second-order valence-corrected chi connectivity index (χ2v) is 6.62. The van der Waals surface area contributed by atoms with Crippen LogP contribution in [0.3, 0.4) is 0 Å². The molecule has 2 amide bonds. The fourth-order valence-electron chi connectivity index (χ4n) is 3.03. The molecule has 0 spiro atoms. The van der Waals surface area contributed by atoms with E-state index < -0.39 is 11.8 Å². The average molecular weight is 380 g/mol. The number of hydrogen-bond donors (Lipinski definition) is 2. The number of aryl methyl sites for hydroxylation is 3. The number of nitrogens with zero attached hydrogens (tertiary/aromatic N) is 2. The van der Waals surface area contributed by atoms with Gasteiger partial charge in [-0.2, -0.15) is 5.10 Å². The summed E-state index contributed by atoms with van der Waals surface area (Å²) in [6.07, 6.45) is 2.48. The zero-order chi connectivity index (χ0) is 20.1.